The number of allylic oxidation sites excluding steroid dienone is 1. The van der Waals surface area contributed by atoms with Crippen LogP contribution in [-0.2, 0) is 11.8 Å². The lowest BCUT2D eigenvalue weighted by atomic mass is 9.67. The van der Waals surface area contributed by atoms with Crippen molar-refractivity contribution in [1.29, 1.82) is 0 Å². The van der Waals surface area contributed by atoms with Crippen molar-refractivity contribution in [2.24, 2.45) is 0 Å². The molecule has 0 saturated carbocycles. The van der Waals surface area contributed by atoms with Crippen molar-refractivity contribution in [2.75, 3.05) is 0 Å². The largest absolute Gasteiger partial charge is 0.103 e. The molecule has 5 rings (SSSR count). The highest BCUT2D eigenvalue weighted by Gasteiger charge is 2.45. The van der Waals surface area contributed by atoms with Crippen LogP contribution in [0.5, 0.6) is 0 Å². The first kappa shape index (κ1) is 16.8. The molecule has 0 unspecified atom stereocenters. The zero-order valence-electron chi connectivity index (χ0n) is 15.8. The molecule has 0 N–H and O–H groups in total. The molecule has 4 aromatic rings. The second-order valence-electron chi connectivity index (χ2n) is 7.40. The summed E-state index contributed by atoms with van der Waals surface area (Å²) < 4.78 is 0. The Hall–Kier alpha value is -3.38. The van der Waals surface area contributed by atoms with Gasteiger partial charge in [-0.25, -0.2) is 0 Å². The van der Waals surface area contributed by atoms with Crippen molar-refractivity contribution in [3.8, 4) is 11.1 Å². The van der Waals surface area contributed by atoms with Crippen LogP contribution in [0.4, 0.5) is 0 Å². The number of hydrogen-bond acceptors (Lipinski definition) is 0. The van der Waals surface area contributed by atoms with E-state index in [1.165, 1.54) is 38.9 Å². The van der Waals surface area contributed by atoms with Crippen LogP contribution in [0, 0.1) is 0 Å². The minimum Gasteiger partial charge on any atom is -0.103 e. The number of fused-ring (bicyclic) bond motifs is 3. The fourth-order valence-electron chi connectivity index (χ4n) is 4.79. The fraction of sp³-hybridized carbons (Fsp3) is 0.0714. The van der Waals surface area contributed by atoms with E-state index in [0.29, 0.717) is 0 Å². The van der Waals surface area contributed by atoms with E-state index >= 15 is 0 Å². The van der Waals surface area contributed by atoms with E-state index in [4.69, 9.17) is 0 Å². The summed E-state index contributed by atoms with van der Waals surface area (Å²) in [4.78, 5) is 0. The molecule has 0 heteroatoms. The van der Waals surface area contributed by atoms with Gasteiger partial charge in [-0.1, -0.05) is 109 Å². The van der Waals surface area contributed by atoms with Crippen LogP contribution >= 0.6 is 0 Å². The maximum absolute atomic E-state index is 3.94. The molecular formula is C28H22. The highest BCUT2D eigenvalue weighted by Crippen LogP contribution is 2.56. The predicted molar refractivity (Wildman–Crippen MR) is 118 cm³/mol. The lowest BCUT2D eigenvalue weighted by molar-refractivity contribution is 0.767. The summed E-state index contributed by atoms with van der Waals surface area (Å²) in [7, 11) is 0. The molecule has 4 aromatic carbocycles. The van der Waals surface area contributed by atoms with E-state index in [-0.39, 0.29) is 5.41 Å². The van der Waals surface area contributed by atoms with Crippen molar-refractivity contribution in [1.82, 2.24) is 0 Å². The molecule has 0 amide bonds. The molecule has 0 aliphatic heterocycles. The molecule has 134 valence electrons. The van der Waals surface area contributed by atoms with Gasteiger partial charge in [0.15, 0.2) is 0 Å². The van der Waals surface area contributed by atoms with Crippen LogP contribution in [0.15, 0.2) is 116 Å². The van der Waals surface area contributed by atoms with E-state index in [2.05, 4.69) is 110 Å². The average Bonchev–Trinajstić information content (AvgIpc) is 3.06. The van der Waals surface area contributed by atoms with Gasteiger partial charge in [0.25, 0.3) is 0 Å². The molecule has 28 heavy (non-hydrogen) atoms. The first-order valence-corrected chi connectivity index (χ1v) is 9.81. The van der Waals surface area contributed by atoms with Gasteiger partial charge >= 0.3 is 0 Å². The first-order valence-electron chi connectivity index (χ1n) is 9.81. The summed E-state index contributed by atoms with van der Waals surface area (Å²) in [5.74, 6) is 0. The lowest BCUT2D eigenvalue weighted by Crippen LogP contribution is -2.28. The summed E-state index contributed by atoms with van der Waals surface area (Å²) in [6.07, 6.45) is 2.86. The van der Waals surface area contributed by atoms with Crippen LogP contribution < -0.4 is 0 Å². The zero-order valence-corrected chi connectivity index (χ0v) is 15.8. The van der Waals surface area contributed by atoms with E-state index in [9.17, 15) is 0 Å². The van der Waals surface area contributed by atoms with E-state index in [1.807, 2.05) is 6.08 Å². The number of rotatable bonds is 4. The molecule has 1 aliphatic carbocycles. The zero-order chi connectivity index (χ0) is 19.0. The highest BCUT2D eigenvalue weighted by molar-refractivity contribution is 5.86. The summed E-state index contributed by atoms with van der Waals surface area (Å²) in [6, 6.07) is 37.6. The van der Waals surface area contributed by atoms with E-state index in [0.717, 1.165) is 6.42 Å². The quantitative estimate of drug-likeness (QED) is 0.311. The van der Waals surface area contributed by atoms with Crippen molar-refractivity contribution < 1.29 is 0 Å². The summed E-state index contributed by atoms with van der Waals surface area (Å²) in [6.45, 7) is 3.94. The Kier molecular flexibility index (Phi) is 3.98. The Morgan fingerprint density at radius 1 is 0.607 bits per heavy atom. The minimum atomic E-state index is -0.300. The van der Waals surface area contributed by atoms with Gasteiger partial charge < -0.3 is 0 Å². The van der Waals surface area contributed by atoms with Gasteiger partial charge in [-0.3, -0.25) is 0 Å². The highest BCUT2D eigenvalue weighted by atomic mass is 14.5. The standard InChI is InChI=1S/C28H22/c1-2-11-21-18-19-25-24-16-9-10-17-26(24)28(27(25)20-21,22-12-5-3-6-13-22)23-14-7-4-8-15-23/h2-10,12-20H,1,11H2. The molecule has 0 fully saturated rings. The molecule has 0 bridgehead atoms. The third-order valence-electron chi connectivity index (χ3n) is 5.90. The molecule has 0 spiro atoms. The van der Waals surface area contributed by atoms with E-state index < -0.39 is 0 Å². The second kappa shape index (κ2) is 6.65. The first-order chi connectivity index (χ1) is 13.9. The maximum atomic E-state index is 3.94. The van der Waals surface area contributed by atoms with Gasteiger partial charge in [-0.2, -0.15) is 0 Å². The van der Waals surface area contributed by atoms with Crippen molar-refractivity contribution in [3.05, 3.63) is 144 Å². The summed E-state index contributed by atoms with van der Waals surface area (Å²) >= 11 is 0. The maximum Gasteiger partial charge on any atom is 0.0713 e. The van der Waals surface area contributed by atoms with Crippen LogP contribution in [-0.4, -0.2) is 0 Å². The molecule has 0 nitrogen and oxygen atoms in total. The molecule has 0 heterocycles. The number of benzene rings is 4. The Morgan fingerprint density at radius 2 is 1.18 bits per heavy atom. The Morgan fingerprint density at radius 3 is 1.82 bits per heavy atom. The molecular weight excluding hydrogens is 336 g/mol. The predicted octanol–water partition coefficient (Wildman–Crippen LogP) is 6.78. The van der Waals surface area contributed by atoms with Crippen LogP contribution in [0.25, 0.3) is 11.1 Å². The van der Waals surface area contributed by atoms with Crippen molar-refractivity contribution in [2.45, 2.75) is 11.8 Å². The van der Waals surface area contributed by atoms with Crippen LogP contribution in [0.2, 0.25) is 0 Å². The fourth-order valence-corrected chi connectivity index (χ4v) is 4.79. The molecule has 1 aliphatic rings. The average molecular weight is 358 g/mol. The topological polar surface area (TPSA) is 0 Å². The monoisotopic (exact) mass is 358 g/mol. The molecule has 0 aromatic heterocycles. The summed E-state index contributed by atoms with van der Waals surface area (Å²) in [5.41, 5.74) is 9.00. The molecule has 0 atom stereocenters. The SMILES string of the molecule is C=CCc1ccc2c(c1)C(c1ccccc1)(c1ccccc1)c1ccccc1-2. The third-order valence-corrected chi connectivity index (χ3v) is 5.90. The summed E-state index contributed by atoms with van der Waals surface area (Å²) in [5, 5.41) is 0. The Balaban J connectivity index is 1.94. The molecule has 0 radical (unpaired) electrons. The Labute approximate surface area is 166 Å². The third kappa shape index (κ3) is 2.31. The van der Waals surface area contributed by atoms with Crippen molar-refractivity contribution in [3.63, 3.8) is 0 Å². The van der Waals surface area contributed by atoms with Gasteiger partial charge in [0.1, 0.15) is 0 Å². The molecule has 0 saturated heterocycles. The van der Waals surface area contributed by atoms with Gasteiger partial charge in [-0.15, -0.1) is 6.58 Å². The van der Waals surface area contributed by atoms with E-state index in [1.54, 1.807) is 0 Å². The van der Waals surface area contributed by atoms with Gasteiger partial charge in [-0.05, 0) is 45.4 Å². The second-order valence-corrected chi connectivity index (χ2v) is 7.40. The minimum absolute atomic E-state index is 0.300. The number of hydrogen-bond donors (Lipinski definition) is 0. The van der Waals surface area contributed by atoms with Gasteiger partial charge in [0.2, 0.25) is 0 Å². The van der Waals surface area contributed by atoms with Gasteiger partial charge in [0, 0.05) is 0 Å². The van der Waals surface area contributed by atoms with Crippen LogP contribution in [0.3, 0.4) is 0 Å². The van der Waals surface area contributed by atoms with Crippen LogP contribution in [0.1, 0.15) is 27.8 Å². The normalized spacial score (nSPS) is 13.6. The Bertz CT molecular complexity index is 1100. The lowest BCUT2D eigenvalue weighted by Gasteiger charge is -2.34. The van der Waals surface area contributed by atoms with Crippen molar-refractivity contribution >= 4 is 0 Å². The van der Waals surface area contributed by atoms with Gasteiger partial charge in [0.05, 0.1) is 5.41 Å². The smallest absolute Gasteiger partial charge is 0.0713 e.